The minimum absolute atomic E-state index is 0.0435. The molecule has 5 rings (SSSR count). The van der Waals surface area contributed by atoms with E-state index in [4.69, 9.17) is 14.3 Å². The van der Waals surface area contributed by atoms with Crippen LogP contribution in [0.4, 0.5) is 0 Å². The van der Waals surface area contributed by atoms with Crippen molar-refractivity contribution in [3.05, 3.63) is 83.9 Å². The second-order valence-electron chi connectivity index (χ2n) is 13.0. The summed E-state index contributed by atoms with van der Waals surface area (Å²) >= 11 is 0. The Morgan fingerprint density at radius 1 is 0.953 bits per heavy atom. The molecule has 0 N–H and O–H groups in total. The number of benzene rings is 1. The molecule has 1 aliphatic rings. The van der Waals surface area contributed by atoms with Crippen LogP contribution in [-0.4, -0.2) is 58.6 Å². The number of hydrogen-bond donors (Lipinski definition) is 0. The lowest BCUT2D eigenvalue weighted by Crippen LogP contribution is -2.46. The van der Waals surface area contributed by atoms with Gasteiger partial charge in [0.25, 0.3) is 5.91 Å². The van der Waals surface area contributed by atoms with Crippen LogP contribution in [0, 0.1) is 0 Å². The van der Waals surface area contributed by atoms with Crippen LogP contribution in [0.25, 0.3) is 22.4 Å². The molecule has 0 atom stereocenters. The predicted octanol–water partition coefficient (Wildman–Crippen LogP) is 7.19. The van der Waals surface area contributed by atoms with Gasteiger partial charge in [0, 0.05) is 54.4 Å². The second-order valence-corrected chi connectivity index (χ2v) is 17.8. The van der Waals surface area contributed by atoms with Gasteiger partial charge in [-0.3, -0.25) is 14.5 Å². The molecule has 0 saturated carbocycles. The Hall–Kier alpha value is -3.82. The summed E-state index contributed by atoms with van der Waals surface area (Å²) in [6.45, 7) is 18.2. The molecule has 4 aromatic rings. The zero-order valence-electron chi connectivity index (χ0n) is 26.4. The van der Waals surface area contributed by atoms with E-state index in [2.05, 4.69) is 81.9 Å². The van der Waals surface area contributed by atoms with Gasteiger partial charge < -0.3 is 14.1 Å². The fraction of sp³-hybridized carbons (Fsp3) is 0.412. The molecule has 0 fully saturated rings. The highest BCUT2D eigenvalue weighted by atomic mass is 28.4. The first kappa shape index (κ1) is 30.6. The van der Waals surface area contributed by atoms with E-state index >= 15 is 0 Å². The zero-order valence-corrected chi connectivity index (χ0v) is 27.4. The van der Waals surface area contributed by atoms with Crippen LogP contribution < -0.4 is 4.74 Å². The fourth-order valence-electron chi connectivity index (χ4n) is 4.90. The molecule has 0 unspecified atom stereocenters. The topological polar surface area (TPSA) is 82.4 Å². The Morgan fingerprint density at radius 2 is 1.67 bits per heavy atom. The molecule has 3 aromatic heterocycles. The molecule has 0 aliphatic carbocycles. The number of carbonyl (C=O) groups is 1. The van der Waals surface area contributed by atoms with Crippen molar-refractivity contribution in [3.8, 4) is 28.3 Å². The van der Waals surface area contributed by atoms with Crippen molar-refractivity contribution in [1.82, 2.24) is 24.6 Å². The molecule has 8 nitrogen and oxygen atoms in total. The number of rotatable bonds is 10. The van der Waals surface area contributed by atoms with E-state index in [1.54, 1.807) is 18.6 Å². The number of aromatic nitrogens is 4. The largest absolute Gasteiger partial charge is 0.473 e. The molecule has 226 valence electrons. The smallest absolute Gasteiger partial charge is 0.272 e. The van der Waals surface area contributed by atoms with Gasteiger partial charge in [0.2, 0.25) is 5.88 Å². The van der Waals surface area contributed by atoms with Gasteiger partial charge in [-0.2, -0.15) is 5.10 Å². The Morgan fingerprint density at radius 3 is 2.30 bits per heavy atom. The molecule has 43 heavy (non-hydrogen) atoms. The molecular formula is C34H43N5O3Si. The maximum atomic E-state index is 14.0. The number of fused-ring (bicyclic) bond motifs is 1. The van der Waals surface area contributed by atoms with Gasteiger partial charge in [0.1, 0.15) is 18.0 Å². The predicted molar refractivity (Wildman–Crippen MR) is 173 cm³/mol. The summed E-state index contributed by atoms with van der Waals surface area (Å²) in [5.74, 6) is 0.974. The molecule has 0 bridgehead atoms. The van der Waals surface area contributed by atoms with Gasteiger partial charge in [-0.15, -0.1) is 0 Å². The van der Waals surface area contributed by atoms with E-state index < -0.39 is 8.32 Å². The average Bonchev–Trinajstić information content (AvgIpc) is 3.38. The Bertz CT molecular complexity index is 1540. The van der Waals surface area contributed by atoms with E-state index in [9.17, 15) is 4.79 Å². The summed E-state index contributed by atoms with van der Waals surface area (Å²) in [7, 11) is -1.91. The molecule has 1 aliphatic heterocycles. The van der Waals surface area contributed by atoms with Crippen LogP contribution in [0.3, 0.4) is 0 Å². The Kier molecular flexibility index (Phi) is 8.85. The van der Waals surface area contributed by atoms with Crippen molar-refractivity contribution in [2.24, 2.45) is 0 Å². The third kappa shape index (κ3) is 6.73. The lowest BCUT2D eigenvalue weighted by molar-refractivity contribution is 0.0666. The molecule has 4 heterocycles. The van der Waals surface area contributed by atoms with E-state index in [-0.39, 0.29) is 10.9 Å². The van der Waals surface area contributed by atoms with Gasteiger partial charge in [0.15, 0.2) is 8.32 Å². The molecule has 0 saturated heterocycles. The first-order valence-corrected chi connectivity index (χ1v) is 18.0. The highest BCUT2D eigenvalue weighted by Crippen LogP contribution is 2.38. The standard InChI is InChI=1S/C34H43N5O3Si/c1-24(2)26-10-8-25(9-11-26)23-41-29-13-12-28(22-36-29)30-31(27-14-16-35-17-15-27)37-39-19-18-38(33(40)32(30)39)20-21-42-43(6,7)34(3,4)5/h8-17,22,24H,18-21,23H2,1-7H3. The van der Waals surface area contributed by atoms with Crippen LogP contribution in [0.5, 0.6) is 5.88 Å². The van der Waals surface area contributed by atoms with Crippen molar-refractivity contribution < 1.29 is 14.0 Å². The number of pyridine rings is 2. The fourth-order valence-corrected chi connectivity index (χ4v) is 5.94. The third-order valence-corrected chi connectivity index (χ3v) is 13.2. The van der Waals surface area contributed by atoms with Crippen LogP contribution in [-0.2, 0) is 17.6 Å². The molecule has 1 amide bonds. The number of ether oxygens (including phenoxy) is 1. The van der Waals surface area contributed by atoms with Crippen LogP contribution in [0.2, 0.25) is 18.1 Å². The second kappa shape index (κ2) is 12.4. The molecule has 0 radical (unpaired) electrons. The summed E-state index contributed by atoms with van der Waals surface area (Å²) in [5.41, 5.74) is 6.19. The van der Waals surface area contributed by atoms with Crippen LogP contribution in [0.15, 0.2) is 67.1 Å². The summed E-state index contributed by atoms with van der Waals surface area (Å²) in [4.78, 5) is 24.6. The van der Waals surface area contributed by atoms with Gasteiger partial charge in [-0.05, 0) is 53.4 Å². The van der Waals surface area contributed by atoms with Crippen molar-refractivity contribution >= 4 is 14.2 Å². The maximum Gasteiger partial charge on any atom is 0.272 e. The SMILES string of the molecule is CC(C)c1ccc(COc2ccc(-c3c(-c4ccncc4)nn4c3C(=O)N(CCO[Si](C)(C)C(C)(C)C)CC4)cn2)cc1. The quantitative estimate of drug-likeness (QED) is 0.180. The average molecular weight is 598 g/mol. The molecule has 1 aromatic carbocycles. The minimum atomic E-state index is -1.91. The van der Waals surface area contributed by atoms with Gasteiger partial charge in [0.05, 0.1) is 13.2 Å². The van der Waals surface area contributed by atoms with Crippen molar-refractivity contribution in [3.63, 3.8) is 0 Å². The summed E-state index contributed by atoms with van der Waals surface area (Å²) < 4.78 is 14.2. The van der Waals surface area contributed by atoms with Gasteiger partial charge in [-0.25, -0.2) is 4.98 Å². The maximum absolute atomic E-state index is 14.0. The van der Waals surface area contributed by atoms with Crippen LogP contribution >= 0.6 is 0 Å². The van der Waals surface area contributed by atoms with Gasteiger partial charge >= 0.3 is 0 Å². The van der Waals surface area contributed by atoms with Crippen molar-refractivity contribution in [2.45, 2.75) is 71.8 Å². The lowest BCUT2D eigenvalue weighted by atomic mass is 9.99. The van der Waals surface area contributed by atoms with Crippen LogP contribution in [0.1, 0.15) is 62.2 Å². The van der Waals surface area contributed by atoms with E-state index in [1.165, 1.54) is 5.56 Å². The number of hydrogen-bond acceptors (Lipinski definition) is 6. The summed E-state index contributed by atoms with van der Waals surface area (Å²) in [6, 6.07) is 16.1. The molecule has 9 heteroatoms. The third-order valence-electron chi connectivity index (χ3n) is 8.67. The normalized spacial score (nSPS) is 13.9. The first-order chi connectivity index (χ1) is 20.4. The first-order valence-electron chi connectivity index (χ1n) is 15.1. The lowest BCUT2D eigenvalue weighted by Gasteiger charge is -2.37. The monoisotopic (exact) mass is 597 g/mol. The highest BCUT2D eigenvalue weighted by Gasteiger charge is 2.38. The summed E-state index contributed by atoms with van der Waals surface area (Å²) in [5, 5.41) is 5.03. The number of nitrogens with zero attached hydrogens (tertiary/aromatic N) is 5. The summed E-state index contributed by atoms with van der Waals surface area (Å²) in [6.07, 6.45) is 5.26. The molecule has 0 spiro atoms. The van der Waals surface area contributed by atoms with Gasteiger partial charge in [-0.1, -0.05) is 58.9 Å². The zero-order chi connectivity index (χ0) is 30.8. The van der Waals surface area contributed by atoms with E-state index in [1.807, 2.05) is 33.8 Å². The van der Waals surface area contributed by atoms with Crippen molar-refractivity contribution in [2.75, 3.05) is 19.7 Å². The Labute approximate surface area is 256 Å². The van der Waals surface area contributed by atoms with E-state index in [0.29, 0.717) is 50.3 Å². The minimum Gasteiger partial charge on any atom is -0.473 e. The van der Waals surface area contributed by atoms with Crippen molar-refractivity contribution in [1.29, 1.82) is 0 Å². The number of carbonyl (C=O) groups excluding carboxylic acids is 1. The number of amides is 1. The molecular weight excluding hydrogens is 554 g/mol. The van der Waals surface area contributed by atoms with E-state index in [0.717, 1.165) is 27.9 Å². The highest BCUT2D eigenvalue weighted by molar-refractivity contribution is 6.74. The Balaban J connectivity index is 1.38.